The Labute approximate surface area is 200 Å². The number of anilines is 2. The van der Waals surface area contributed by atoms with E-state index < -0.39 is 5.67 Å². The molecule has 3 heterocycles. The van der Waals surface area contributed by atoms with Crippen LogP contribution in [0.25, 0.3) is 10.9 Å². The summed E-state index contributed by atoms with van der Waals surface area (Å²) in [7, 11) is 0. The lowest BCUT2D eigenvalue weighted by atomic mass is 9.87. The van der Waals surface area contributed by atoms with Crippen molar-refractivity contribution in [3.8, 4) is 0 Å². The van der Waals surface area contributed by atoms with Gasteiger partial charge in [0, 0.05) is 37.3 Å². The number of hydrogen-bond donors (Lipinski definition) is 1. The number of hydrogen-bond acceptors (Lipinski definition) is 5. The van der Waals surface area contributed by atoms with Crippen LogP contribution < -0.4 is 9.80 Å². The molecule has 1 aliphatic carbocycles. The van der Waals surface area contributed by atoms with Gasteiger partial charge in [0.25, 0.3) is 0 Å². The van der Waals surface area contributed by atoms with E-state index in [0.29, 0.717) is 31.1 Å². The van der Waals surface area contributed by atoms with Crippen molar-refractivity contribution in [1.82, 2.24) is 9.97 Å². The first-order chi connectivity index (χ1) is 16.4. The number of piperidine rings is 1. The second-order valence-electron chi connectivity index (χ2n) is 10.5. The van der Waals surface area contributed by atoms with E-state index in [-0.39, 0.29) is 6.10 Å². The van der Waals surface area contributed by atoms with Gasteiger partial charge in [0.2, 0.25) is 0 Å². The molecule has 2 saturated heterocycles. The number of aliphatic hydroxyl groups excluding tert-OH is 1. The second-order valence-corrected chi connectivity index (χ2v) is 10.5. The lowest BCUT2D eigenvalue weighted by Crippen LogP contribution is -2.34. The molecule has 6 heteroatoms. The van der Waals surface area contributed by atoms with E-state index in [1.54, 1.807) is 0 Å². The van der Waals surface area contributed by atoms with Crippen molar-refractivity contribution in [2.45, 2.75) is 63.6 Å². The molecular weight excluding hydrogens is 427 g/mol. The lowest BCUT2D eigenvalue weighted by molar-refractivity contribution is 0.198. The maximum Gasteiger partial charge on any atom is 0.170 e. The standard InChI is InChI=1S/C28H33FN4O/c1-18-5-3-4-6-23(18)20-7-12-32(13-8-20)26-24-16-21(33-14-9-22(34)17-33)15-19(2)25(24)30-27(31-26)28(29)10-11-28/h3-6,15-16,20,22,34H,7-14,17H2,1-2H3/t22-/m1/s1. The number of nitrogens with zero attached hydrogens (tertiary/aromatic N) is 4. The van der Waals surface area contributed by atoms with Crippen molar-refractivity contribution in [3.05, 3.63) is 58.9 Å². The molecule has 2 aromatic carbocycles. The first kappa shape index (κ1) is 21.8. The fourth-order valence-electron chi connectivity index (χ4n) is 5.75. The third-order valence-corrected chi connectivity index (χ3v) is 8.00. The Morgan fingerprint density at radius 3 is 2.35 bits per heavy atom. The number of benzene rings is 2. The molecule has 34 heavy (non-hydrogen) atoms. The van der Waals surface area contributed by atoms with E-state index >= 15 is 4.39 Å². The van der Waals surface area contributed by atoms with Gasteiger partial charge in [0.1, 0.15) is 5.82 Å². The molecule has 178 valence electrons. The first-order valence-electron chi connectivity index (χ1n) is 12.7. The van der Waals surface area contributed by atoms with Gasteiger partial charge >= 0.3 is 0 Å². The Hall–Kier alpha value is -2.73. The number of β-amino-alcohol motifs (C(OH)–C–C–N with tert-alkyl or cyclic N) is 1. The Bertz CT molecular complexity index is 1230. The van der Waals surface area contributed by atoms with Crippen molar-refractivity contribution in [2.75, 3.05) is 36.0 Å². The van der Waals surface area contributed by atoms with E-state index in [9.17, 15) is 5.11 Å². The molecule has 1 atom stereocenters. The van der Waals surface area contributed by atoms with Crippen LogP contribution in [0.15, 0.2) is 36.4 Å². The predicted octanol–water partition coefficient (Wildman–Crippen LogP) is 5.16. The molecule has 0 bridgehead atoms. The monoisotopic (exact) mass is 460 g/mol. The number of aryl methyl sites for hydroxylation is 2. The number of fused-ring (bicyclic) bond motifs is 1. The van der Waals surface area contributed by atoms with Crippen molar-refractivity contribution in [1.29, 1.82) is 0 Å². The van der Waals surface area contributed by atoms with Crippen LogP contribution >= 0.6 is 0 Å². The summed E-state index contributed by atoms with van der Waals surface area (Å²) in [5, 5.41) is 11.1. The van der Waals surface area contributed by atoms with Gasteiger partial charge in [0.15, 0.2) is 11.5 Å². The van der Waals surface area contributed by atoms with Crippen molar-refractivity contribution < 1.29 is 9.50 Å². The van der Waals surface area contributed by atoms with Crippen LogP contribution in [0.5, 0.6) is 0 Å². The SMILES string of the molecule is Cc1ccccc1C1CCN(c2nc(C3(F)CC3)nc3c(C)cc(N4CC[C@@H](O)C4)cc23)CC1. The van der Waals surface area contributed by atoms with E-state index in [2.05, 4.69) is 60.0 Å². The molecular formula is C28H33FN4O. The highest BCUT2D eigenvalue weighted by Crippen LogP contribution is 2.49. The zero-order valence-electron chi connectivity index (χ0n) is 20.1. The number of aromatic nitrogens is 2. The van der Waals surface area contributed by atoms with Gasteiger partial charge in [-0.1, -0.05) is 24.3 Å². The molecule has 1 saturated carbocycles. The van der Waals surface area contributed by atoms with Gasteiger partial charge < -0.3 is 14.9 Å². The summed E-state index contributed by atoms with van der Waals surface area (Å²) in [5.74, 6) is 1.77. The highest BCUT2D eigenvalue weighted by molar-refractivity contribution is 5.94. The Balaban J connectivity index is 1.38. The smallest absolute Gasteiger partial charge is 0.170 e. The third-order valence-electron chi connectivity index (χ3n) is 8.00. The normalized spacial score (nSPS) is 22.5. The molecule has 1 N–H and O–H groups in total. The molecule has 1 aromatic heterocycles. The van der Waals surface area contributed by atoms with E-state index in [4.69, 9.17) is 9.97 Å². The van der Waals surface area contributed by atoms with E-state index in [0.717, 1.165) is 66.9 Å². The van der Waals surface area contributed by atoms with Gasteiger partial charge in [0.05, 0.1) is 11.6 Å². The van der Waals surface area contributed by atoms with Crippen molar-refractivity contribution in [3.63, 3.8) is 0 Å². The van der Waals surface area contributed by atoms with Crippen LogP contribution in [-0.2, 0) is 5.67 Å². The molecule has 0 amide bonds. The van der Waals surface area contributed by atoms with Gasteiger partial charge in [-0.15, -0.1) is 0 Å². The summed E-state index contributed by atoms with van der Waals surface area (Å²) >= 11 is 0. The summed E-state index contributed by atoms with van der Waals surface area (Å²) < 4.78 is 15.2. The second kappa shape index (κ2) is 8.19. The topological polar surface area (TPSA) is 52.5 Å². The molecule has 3 fully saturated rings. The summed E-state index contributed by atoms with van der Waals surface area (Å²) in [6.45, 7) is 7.54. The molecule has 3 aliphatic rings. The lowest BCUT2D eigenvalue weighted by Gasteiger charge is -2.34. The quantitative estimate of drug-likeness (QED) is 0.583. The minimum absolute atomic E-state index is 0.282. The Morgan fingerprint density at radius 2 is 1.68 bits per heavy atom. The molecule has 2 aliphatic heterocycles. The number of rotatable bonds is 4. The van der Waals surface area contributed by atoms with Crippen LogP contribution in [0.1, 0.15) is 60.5 Å². The maximum atomic E-state index is 15.2. The van der Waals surface area contributed by atoms with Crippen LogP contribution in [0.2, 0.25) is 0 Å². The summed E-state index contributed by atoms with van der Waals surface area (Å²) in [6, 6.07) is 13.0. The minimum Gasteiger partial charge on any atom is -0.391 e. The highest BCUT2D eigenvalue weighted by Gasteiger charge is 2.48. The molecule has 0 radical (unpaired) electrons. The summed E-state index contributed by atoms with van der Waals surface area (Å²) in [5.41, 5.74) is 4.42. The Morgan fingerprint density at radius 1 is 0.941 bits per heavy atom. The van der Waals surface area contributed by atoms with Crippen molar-refractivity contribution >= 4 is 22.4 Å². The van der Waals surface area contributed by atoms with Gasteiger partial charge in [-0.3, -0.25) is 0 Å². The zero-order chi connectivity index (χ0) is 23.4. The third kappa shape index (κ3) is 3.82. The number of alkyl halides is 1. The Kier molecular flexibility index (Phi) is 5.25. The fraction of sp³-hybridized carbons (Fsp3) is 0.500. The number of halogens is 1. The maximum absolute atomic E-state index is 15.2. The largest absolute Gasteiger partial charge is 0.391 e. The zero-order valence-corrected chi connectivity index (χ0v) is 20.1. The molecule has 3 aromatic rings. The van der Waals surface area contributed by atoms with Crippen LogP contribution in [-0.4, -0.2) is 47.4 Å². The molecule has 6 rings (SSSR count). The number of aliphatic hydroxyl groups is 1. The average molecular weight is 461 g/mol. The average Bonchev–Trinajstić information content (AvgIpc) is 3.45. The van der Waals surface area contributed by atoms with E-state index in [1.807, 2.05) is 0 Å². The highest BCUT2D eigenvalue weighted by atomic mass is 19.1. The van der Waals surface area contributed by atoms with Gasteiger partial charge in [-0.25, -0.2) is 14.4 Å². The predicted molar refractivity (Wildman–Crippen MR) is 134 cm³/mol. The molecule has 0 unspecified atom stereocenters. The minimum atomic E-state index is -1.37. The van der Waals surface area contributed by atoms with Crippen molar-refractivity contribution in [2.24, 2.45) is 0 Å². The fourth-order valence-corrected chi connectivity index (χ4v) is 5.75. The van der Waals surface area contributed by atoms with E-state index in [1.165, 1.54) is 11.1 Å². The summed E-state index contributed by atoms with van der Waals surface area (Å²) in [6.07, 6.45) is 3.64. The van der Waals surface area contributed by atoms with Crippen LogP contribution in [0, 0.1) is 13.8 Å². The van der Waals surface area contributed by atoms with Crippen LogP contribution in [0.3, 0.4) is 0 Å². The molecule has 5 nitrogen and oxygen atoms in total. The molecule has 0 spiro atoms. The van der Waals surface area contributed by atoms with Crippen LogP contribution in [0.4, 0.5) is 15.9 Å². The summed E-state index contributed by atoms with van der Waals surface area (Å²) in [4.78, 5) is 14.2. The first-order valence-corrected chi connectivity index (χ1v) is 12.7. The van der Waals surface area contributed by atoms with Gasteiger partial charge in [-0.05, 0) is 80.7 Å². The van der Waals surface area contributed by atoms with Gasteiger partial charge in [-0.2, -0.15) is 0 Å².